The average Bonchev–Trinajstić information content (AvgIpc) is 2.87. The van der Waals surface area contributed by atoms with E-state index < -0.39 is 11.9 Å². The molecule has 0 aromatic heterocycles. The summed E-state index contributed by atoms with van der Waals surface area (Å²) in [4.78, 5) is 26.7. The Bertz CT molecular complexity index is 334. The SMILES string of the molecule is CCC1COCCN1C(=O)N1CCC(C(=O)O)C1. The van der Waals surface area contributed by atoms with Crippen LogP contribution in [-0.4, -0.2) is 65.8 Å². The number of rotatable bonds is 2. The van der Waals surface area contributed by atoms with Crippen LogP contribution < -0.4 is 0 Å². The number of morpholine rings is 1. The summed E-state index contributed by atoms with van der Waals surface area (Å²) in [5, 5.41) is 8.95. The van der Waals surface area contributed by atoms with Crippen LogP contribution in [0, 0.1) is 5.92 Å². The van der Waals surface area contributed by atoms with E-state index in [9.17, 15) is 9.59 Å². The van der Waals surface area contributed by atoms with Crippen molar-refractivity contribution < 1.29 is 19.4 Å². The molecule has 6 heteroatoms. The monoisotopic (exact) mass is 256 g/mol. The minimum atomic E-state index is -0.806. The fourth-order valence-corrected chi connectivity index (χ4v) is 2.56. The predicted octanol–water partition coefficient (Wildman–Crippen LogP) is 0.624. The fraction of sp³-hybridized carbons (Fsp3) is 0.833. The number of aliphatic carboxylic acids is 1. The third-order valence-corrected chi connectivity index (χ3v) is 3.75. The van der Waals surface area contributed by atoms with Gasteiger partial charge in [0.25, 0.3) is 0 Å². The van der Waals surface area contributed by atoms with Crippen molar-refractivity contribution in [3.8, 4) is 0 Å². The molecule has 0 aliphatic carbocycles. The van der Waals surface area contributed by atoms with Gasteiger partial charge in [-0.25, -0.2) is 4.79 Å². The second-order valence-electron chi connectivity index (χ2n) is 4.88. The number of carboxylic acid groups (broad SMARTS) is 1. The van der Waals surface area contributed by atoms with Gasteiger partial charge in [-0.05, 0) is 12.8 Å². The lowest BCUT2D eigenvalue weighted by molar-refractivity contribution is -0.141. The van der Waals surface area contributed by atoms with Gasteiger partial charge in [-0.2, -0.15) is 0 Å². The zero-order valence-electron chi connectivity index (χ0n) is 10.7. The number of likely N-dealkylation sites (tertiary alicyclic amines) is 1. The summed E-state index contributed by atoms with van der Waals surface area (Å²) in [6.45, 7) is 4.66. The molecule has 2 heterocycles. The lowest BCUT2D eigenvalue weighted by atomic mass is 10.1. The van der Waals surface area contributed by atoms with Crippen LogP contribution in [0.1, 0.15) is 19.8 Å². The minimum absolute atomic E-state index is 0.0334. The lowest BCUT2D eigenvalue weighted by Crippen LogP contribution is -2.53. The topological polar surface area (TPSA) is 70.1 Å². The first-order chi connectivity index (χ1) is 8.63. The van der Waals surface area contributed by atoms with Crippen molar-refractivity contribution in [2.45, 2.75) is 25.8 Å². The number of carboxylic acids is 1. The minimum Gasteiger partial charge on any atom is -0.481 e. The Morgan fingerprint density at radius 2 is 2.17 bits per heavy atom. The zero-order valence-corrected chi connectivity index (χ0v) is 10.7. The summed E-state index contributed by atoms with van der Waals surface area (Å²) in [6.07, 6.45) is 1.42. The van der Waals surface area contributed by atoms with E-state index >= 15 is 0 Å². The van der Waals surface area contributed by atoms with E-state index in [2.05, 4.69) is 0 Å². The van der Waals surface area contributed by atoms with Crippen molar-refractivity contribution in [2.75, 3.05) is 32.8 Å². The van der Waals surface area contributed by atoms with Gasteiger partial charge in [-0.1, -0.05) is 6.92 Å². The van der Waals surface area contributed by atoms with Gasteiger partial charge in [0.05, 0.1) is 25.2 Å². The molecule has 2 rings (SSSR count). The van der Waals surface area contributed by atoms with Crippen LogP contribution >= 0.6 is 0 Å². The number of hydrogen-bond donors (Lipinski definition) is 1. The van der Waals surface area contributed by atoms with E-state index in [1.54, 1.807) is 4.90 Å². The van der Waals surface area contributed by atoms with E-state index in [1.807, 2.05) is 11.8 Å². The normalized spacial score (nSPS) is 28.5. The molecule has 6 nitrogen and oxygen atoms in total. The van der Waals surface area contributed by atoms with Crippen LogP contribution in [0.25, 0.3) is 0 Å². The summed E-state index contributed by atoms with van der Waals surface area (Å²) in [5.41, 5.74) is 0. The Morgan fingerprint density at radius 3 is 2.78 bits per heavy atom. The fourth-order valence-electron chi connectivity index (χ4n) is 2.56. The molecule has 0 spiro atoms. The van der Waals surface area contributed by atoms with Crippen LogP contribution in [0.15, 0.2) is 0 Å². The van der Waals surface area contributed by atoms with Crippen LogP contribution in [0.5, 0.6) is 0 Å². The second-order valence-corrected chi connectivity index (χ2v) is 4.88. The Labute approximate surface area is 106 Å². The summed E-state index contributed by atoms with van der Waals surface area (Å²) in [7, 11) is 0. The highest BCUT2D eigenvalue weighted by atomic mass is 16.5. The summed E-state index contributed by atoms with van der Waals surface area (Å²) in [6, 6.07) is 0.0871. The molecule has 2 fully saturated rings. The Hall–Kier alpha value is -1.30. The molecule has 0 aromatic carbocycles. The highest BCUT2D eigenvalue weighted by Crippen LogP contribution is 2.20. The number of carbonyl (C=O) groups excluding carboxylic acids is 1. The van der Waals surface area contributed by atoms with Crippen molar-refractivity contribution in [3.63, 3.8) is 0 Å². The smallest absolute Gasteiger partial charge is 0.320 e. The van der Waals surface area contributed by atoms with Crippen molar-refractivity contribution in [1.29, 1.82) is 0 Å². The molecule has 1 N–H and O–H groups in total. The molecule has 2 unspecified atom stereocenters. The predicted molar refractivity (Wildman–Crippen MR) is 64.3 cm³/mol. The van der Waals surface area contributed by atoms with Gasteiger partial charge in [0.1, 0.15) is 0 Å². The van der Waals surface area contributed by atoms with E-state index in [-0.39, 0.29) is 12.1 Å². The highest BCUT2D eigenvalue weighted by molar-refractivity contribution is 5.77. The van der Waals surface area contributed by atoms with Gasteiger partial charge in [0.2, 0.25) is 0 Å². The molecular weight excluding hydrogens is 236 g/mol. The molecule has 0 radical (unpaired) electrons. The quantitative estimate of drug-likeness (QED) is 0.786. The zero-order chi connectivity index (χ0) is 13.1. The summed E-state index contributed by atoms with van der Waals surface area (Å²) in [5.74, 6) is -1.21. The van der Waals surface area contributed by atoms with Gasteiger partial charge in [0, 0.05) is 19.6 Å². The van der Waals surface area contributed by atoms with Crippen molar-refractivity contribution in [1.82, 2.24) is 9.80 Å². The molecule has 2 aliphatic heterocycles. The van der Waals surface area contributed by atoms with E-state index in [0.717, 1.165) is 6.42 Å². The number of nitrogens with zero attached hydrogens (tertiary/aromatic N) is 2. The summed E-state index contributed by atoms with van der Waals surface area (Å²) < 4.78 is 5.37. The third kappa shape index (κ3) is 2.58. The molecule has 2 amide bonds. The number of amides is 2. The molecular formula is C12H20N2O4. The number of carbonyl (C=O) groups is 2. The van der Waals surface area contributed by atoms with E-state index in [1.165, 1.54) is 0 Å². The molecule has 0 bridgehead atoms. The first kappa shape index (κ1) is 13.1. The molecule has 0 aromatic rings. The highest BCUT2D eigenvalue weighted by Gasteiger charge is 2.35. The van der Waals surface area contributed by atoms with Gasteiger partial charge in [-0.3, -0.25) is 4.79 Å². The third-order valence-electron chi connectivity index (χ3n) is 3.75. The maximum absolute atomic E-state index is 12.3. The molecule has 2 saturated heterocycles. The number of hydrogen-bond acceptors (Lipinski definition) is 3. The van der Waals surface area contributed by atoms with Crippen LogP contribution in [0.3, 0.4) is 0 Å². The number of urea groups is 1. The standard InChI is InChI=1S/C12H20N2O4/c1-2-10-8-18-6-5-14(10)12(17)13-4-3-9(7-13)11(15)16/h9-10H,2-8H2,1H3,(H,15,16). The van der Waals surface area contributed by atoms with Crippen molar-refractivity contribution >= 4 is 12.0 Å². The average molecular weight is 256 g/mol. The van der Waals surface area contributed by atoms with Gasteiger partial charge >= 0.3 is 12.0 Å². The molecule has 0 saturated carbocycles. The molecule has 2 aliphatic rings. The maximum atomic E-state index is 12.3. The van der Waals surface area contributed by atoms with Crippen LogP contribution in [0.4, 0.5) is 4.79 Å². The molecule has 2 atom stereocenters. The van der Waals surface area contributed by atoms with Crippen LogP contribution in [-0.2, 0) is 9.53 Å². The lowest BCUT2D eigenvalue weighted by Gasteiger charge is -2.37. The summed E-state index contributed by atoms with van der Waals surface area (Å²) >= 11 is 0. The second kappa shape index (κ2) is 5.56. The van der Waals surface area contributed by atoms with E-state index in [0.29, 0.717) is 39.3 Å². The van der Waals surface area contributed by atoms with E-state index in [4.69, 9.17) is 9.84 Å². The van der Waals surface area contributed by atoms with Crippen LogP contribution in [0.2, 0.25) is 0 Å². The van der Waals surface area contributed by atoms with Crippen molar-refractivity contribution in [2.24, 2.45) is 5.92 Å². The number of ether oxygens (including phenoxy) is 1. The van der Waals surface area contributed by atoms with Gasteiger partial charge in [-0.15, -0.1) is 0 Å². The van der Waals surface area contributed by atoms with Gasteiger partial charge < -0.3 is 19.6 Å². The Kier molecular flexibility index (Phi) is 4.06. The van der Waals surface area contributed by atoms with Crippen molar-refractivity contribution in [3.05, 3.63) is 0 Å². The first-order valence-corrected chi connectivity index (χ1v) is 6.49. The van der Waals surface area contributed by atoms with Gasteiger partial charge in [0.15, 0.2) is 0 Å². The largest absolute Gasteiger partial charge is 0.481 e. The Morgan fingerprint density at radius 1 is 1.39 bits per heavy atom. The maximum Gasteiger partial charge on any atom is 0.320 e. The first-order valence-electron chi connectivity index (χ1n) is 6.49. The molecule has 18 heavy (non-hydrogen) atoms. The molecule has 102 valence electrons. The Balaban J connectivity index is 1.96.